The maximum Gasteiger partial charge on any atom is 0.327 e. The molecule has 44 heavy (non-hydrogen) atoms. The molecule has 3 aliphatic rings. The van der Waals surface area contributed by atoms with Crippen LogP contribution in [0.5, 0.6) is 17.2 Å². The van der Waals surface area contributed by atoms with Crippen LogP contribution in [0.4, 0.5) is 4.79 Å². The van der Waals surface area contributed by atoms with E-state index in [2.05, 4.69) is 10.3 Å². The largest absolute Gasteiger partial charge is 0.496 e. The number of imide groups is 1. The number of Topliss-reactive ketones (excluding diaryl/α,β-unsaturated/α-hetero) is 2. The van der Waals surface area contributed by atoms with Crippen LogP contribution in [-0.4, -0.2) is 85.8 Å². The molecule has 1 saturated heterocycles. The van der Waals surface area contributed by atoms with Gasteiger partial charge in [-0.25, -0.2) is 4.79 Å². The maximum atomic E-state index is 14.6. The molecule has 11 heteroatoms. The van der Waals surface area contributed by atoms with Gasteiger partial charge in [-0.1, -0.05) is 18.2 Å². The van der Waals surface area contributed by atoms with Crippen LogP contribution >= 0.6 is 0 Å². The summed E-state index contributed by atoms with van der Waals surface area (Å²) < 4.78 is 16.6. The molecule has 0 radical (unpaired) electrons. The number of urea groups is 1. The number of carbonyl (C=O) groups excluding carboxylic acids is 4. The molecule has 2 aromatic carbocycles. The van der Waals surface area contributed by atoms with E-state index in [1.807, 2.05) is 31.2 Å². The van der Waals surface area contributed by atoms with Crippen LogP contribution in [0.15, 0.2) is 42.1 Å². The summed E-state index contributed by atoms with van der Waals surface area (Å²) in [7, 11) is 7.58. The normalized spacial score (nSPS) is 19.0. The Hall–Kier alpha value is -4.90. The number of aromatic amines is 1. The zero-order chi connectivity index (χ0) is 31.5. The number of benzene rings is 2. The van der Waals surface area contributed by atoms with Gasteiger partial charge < -0.3 is 29.4 Å². The van der Waals surface area contributed by atoms with Gasteiger partial charge in [0.25, 0.3) is 5.91 Å². The van der Waals surface area contributed by atoms with Crippen LogP contribution < -0.4 is 19.5 Å². The molecule has 228 valence electrons. The molecule has 1 fully saturated rings. The van der Waals surface area contributed by atoms with Crippen molar-refractivity contribution in [3.8, 4) is 17.2 Å². The first-order chi connectivity index (χ1) is 21.1. The predicted octanol–water partition coefficient (Wildman–Crippen LogP) is 3.33. The molecule has 1 spiro atoms. The topological polar surface area (TPSA) is 130 Å². The summed E-state index contributed by atoms with van der Waals surface area (Å²) in [6.07, 6.45) is 2.12. The number of hydrogen-bond donors (Lipinski definition) is 2. The van der Waals surface area contributed by atoms with Crippen molar-refractivity contribution >= 4 is 29.1 Å². The zero-order valence-electron chi connectivity index (χ0n) is 25.5. The summed E-state index contributed by atoms with van der Waals surface area (Å²) in [6, 6.07) is 8.71. The smallest absolute Gasteiger partial charge is 0.327 e. The molecule has 3 aromatic rings. The quantitative estimate of drug-likeness (QED) is 0.298. The van der Waals surface area contributed by atoms with E-state index in [9.17, 15) is 19.2 Å². The SMILES string of the molecule is COc1ccc(C)c2c1CC1(C(=O)N(C)C(=O)N1C)C1=C2C(=O)c2[nH]cc(CCNCc3cccc(OC)c3OC)c2C1=O. The van der Waals surface area contributed by atoms with Gasteiger partial charge in [0.05, 0.1) is 32.6 Å². The first-order valence-corrected chi connectivity index (χ1v) is 14.3. The number of likely N-dealkylation sites (N-methyl/N-ethyl adjacent to an activating group) is 2. The molecule has 0 bridgehead atoms. The monoisotopic (exact) mass is 598 g/mol. The van der Waals surface area contributed by atoms with Crippen molar-refractivity contribution in [1.82, 2.24) is 20.1 Å². The number of fused-ring (bicyclic) bond motifs is 4. The third-order valence-corrected chi connectivity index (χ3v) is 9.09. The molecule has 2 aliphatic carbocycles. The number of H-pyrrole nitrogens is 1. The zero-order valence-corrected chi connectivity index (χ0v) is 25.5. The van der Waals surface area contributed by atoms with Crippen molar-refractivity contribution in [2.45, 2.75) is 31.8 Å². The number of ether oxygens (including phenoxy) is 3. The van der Waals surface area contributed by atoms with Gasteiger partial charge in [-0.3, -0.25) is 19.3 Å². The van der Waals surface area contributed by atoms with Crippen molar-refractivity contribution in [3.63, 3.8) is 0 Å². The summed E-state index contributed by atoms with van der Waals surface area (Å²) in [5.41, 5.74) is 2.42. The number of nitrogens with one attached hydrogen (secondary N) is 2. The number of aryl methyl sites for hydroxylation is 1. The number of ketones is 2. The standard InChI is InChI=1S/C33H34N4O7/c1-17-10-11-21(42-4)20-14-33(31(40)36(2)32(41)37(33)3)26-25(23(17)20)29(39)27-24(28(26)38)18(16-35-27)12-13-34-15-19-8-7-9-22(43-5)30(19)44-6/h7-11,16,34-35H,12-15H2,1-6H3. The summed E-state index contributed by atoms with van der Waals surface area (Å²) >= 11 is 0. The minimum absolute atomic E-state index is 0.00939. The third kappa shape index (κ3) is 3.92. The van der Waals surface area contributed by atoms with Crippen molar-refractivity contribution in [2.24, 2.45) is 0 Å². The van der Waals surface area contributed by atoms with E-state index in [4.69, 9.17) is 14.2 Å². The first-order valence-electron chi connectivity index (χ1n) is 14.3. The van der Waals surface area contributed by atoms with E-state index in [0.717, 1.165) is 16.0 Å². The van der Waals surface area contributed by atoms with Crippen molar-refractivity contribution < 1.29 is 33.4 Å². The molecule has 0 saturated carbocycles. The van der Waals surface area contributed by atoms with E-state index < -0.39 is 29.0 Å². The molecule has 3 amide bonds. The second kappa shape index (κ2) is 10.7. The number of hydrogen-bond acceptors (Lipinski definition) is 8. The molecule has 2 N–H and O–H groups in total. The van der Waals surface area contributed by atoms with Crippen LogP contribution in [-0.2, 0) is 24.2 Å². The Morgan fingerprint density at radius 3 is 2.32 bits per heavy atom. The third-order valence-electron chi connectivity index (χ3n) is 9.09. The van der Waals surface area contributed by atoms with E-state index in [-0.39, 0.29) is 28.8 Å². The number of amides is 3. The Labute approximate surface area is 254 Å². The van der Waals surface area contributed by atoms with E-state index in [0.29, 0.717) is 53.4 Å². The van der Waals surface area contributed by atoms with Crippen LogP contribution in [0.1, 0.15) is 48.7 Å². The van der Waals surface area contributed by atoms with Gasteiger partial charge >= 0.3 is 6.03 Å². The molecular weight excluding hydrogens is 564 g/mol. The van der Waals surface area contributed by atoms with E-state index in [1.165, 1.54) is 26.1 Å². The van der Waals surface area contributed by atoms with Crippen LogP contribution in [0.3, 0.4) is 0 Å². The lowest BCUT2D eigenvalue weighted by molar-refractivity contribution is -0.130. The van der Waals surface area contributed by atoms with E-state index >= 15 is 0 Å². The fourth-order valence-electron chi connectivity index (χ4n) is 6.92. The maximum absolute atomic E-state index is 14.6. The lowest BCUT2D eigenvalue weighted by Crippen LogP contribution is -2.56. The molecule has 6 rings (SSSR count). The summed E-state index contributed by atoms with van der Waals surface area (Å²) in [6.45, 7) is 2.83. The first kappa shape index (κ1) is 29.2. The van der Waals surface area contributed by atoms with Gasteiger partial charge in [-0.15, -0.1) is 0 Å². The number of nitrogens with zero attached hydrogens (tertiary/aromatic N) is 2. The van der Waals surface area contributed by atoms with Crippen molar-refractivity contribution in [1.29, 1.82) is 0 Å². The van der Waals surface area contributed by atoms with Gasteiger partial charge in [-0.2, -0.15) is 0 Å². The minimum atomic E-state index is -1.69. The van der Waals surface area contributed by atoms with E-state index in [1.54, 1.807) is 26.5 Å². The summed E-state index contributed by atoms with van der Waals surface area (Å²) in [5, 5.41) is 3.38. The number of rotatable bonds is 8. The number of allylic oxidation sites excluding steroid dienone is 1. The Morgan fingerprint density at radius 2 is 1.66 bits per heavy atom. The number of carbonyl (C=O) groups is 4. The molecule has 1 aromatic heterocycles. The van der Waals surface area contributed by atoms with Gasteiger partial charge in [0, 0.05) is 55.5 Å². The summed E-state index contributed by atoms with van der Waals surface area (Å²) in [5.74, 6) is 0.373. The Bertz CT molecular complexity index is 1790. The van der Waals surface area contributed by atoms with Crippen LogP contribution in [0, 0.1) is 6.92 Å². The highest BCUT2D eigenvalue weighted by molar-refractivity contribution is 6.43. The fourth-order valence-corrected chi connectivity index (χ4v) is 6.92. The molecule has 11 nitrogen and oxygen atoms in total. The second-order valence-electron chi connectivity index (χ2n) is 11.2. The lowest BCUT2D eigenvalue weighted by Gasteiger charge is -2.42. The Morgan fingerprint density at radius 1 is 0.909 bits per heavy atom. The minimum Gasteiger partial charge on any atom is -0.496 e. The average molecular weight is 599 g/mol. The highest BCUT2D eigenvalue weighted by Crippen LogP contribution is 2.51. The Kier molecular flexibility index (Phi) is 7.08. The van der Waals surface area contributed by atoms with Crippen molar-refractivity contribution in [3.05, 3.63) is 81.2 Å². The predicted molar refractivity (Wildman–Crippen MR) is 161 cm³/mol. The summed E-state index contributed by atoms with van der Waals surface area (Å²) in [4.78, 5) is 61.4. The van der Waals surface area contributed by atoms with Gasteiger partial charge in [-0.05, 0) is 48.7 Å². The molecule has 1 unspecified atom stereocenters. The number of aromatic nitrogens is 1. The fraction of sp³-hybridized carbons (Fsp3) is 0.333. The Balaban J connectivity index is 1.40. The van der Waals surface area contributed by atoms with Gasteiger partial charge in [0.2, 0.25) is 5.78 Å². The highest BCUT2D eigenvalue weighted by atomic mass is 16.5. The van der Waals surface area contributed by atoms with Crippen LogP contribution in [0.2, 0.25) is 0 Å². The van der Waals surface area contributed by atoms with Crippen LogP contribution in [0.25, 0.3) is 5.57 Å². The molecule has 2 heterocycles. The average Bonchev–Trinajstić information content (AvgIpc) is 3.53. The lowest BCUT2D eigenvalue weighted by atomic mass is 9.65. The second-order valence-corrected chi connectivity index (χ2v) is 11.2. The molecule has 1 atom stereocenters. The molecular formula is C33H34N4O7. The van der Waals surface area contributed by atoms with Gasteiger partial charge in [0.1, 0.15) is 5.75 Å². The van der Waals surface area contributed by atoms with Gasteiger partial charge in [0.15, 0.2) is 22.8 Å². The number of methoxy groups -OCH3 is 3. The number of para-hydroxylation sites is 1. The van der Waals surface area contributed by atoms with Crippen molar-refractivity contribution in [2.75, 3.05) is 42.0 Å². The molecule has 1 aliphatic heterocycles. The highest BCUT2D eigenvalue weighted by Gasteiger charge is 2.63.